The Bertz CT molecular complexity index is 99.5. The molecule has 0 saturated heterocycles. The van der Waals surface area contributed by atoms with Gasteiger partial charge in [-0.15, -0.1) is 0 Å². The van der Waals surface area contributed by atoms with Crippen molar-refractivity contribution in [3.8, 4) is 0 Å². The van der Waals surface area contributed by atoms with Gasteiger partial charge in [0.25, 0.3) is 0 Å². The Labute approximate surface area is 90.3 Å². The van der Waals surface area contributed by atoms with Crippen molar-refractivity contribution in [3.05, 3.63) is 0 Å². The first-order valence-electron chi connectivity index (χ1n) is 5.88. The average Bonchev–Trinajstić information content (AvgIpc) is 2.18. The maximum Gasteiger partial charge on any atom is 0.170 e. The van der Waals surface area contributed by atoms with Crippen LogP contribution in [-0.4, -0.2) is 19.4 Å². The second-order valence-corrected chi connectivity index (χ2v) is 5.06. The Morgan fingerprint density at radius 3 is 1.64 bits per heavy atom. The molecule has 0 N–H and O–H groups in total. The lowest BCUT2D eigenvalue weighted by Gasteiger charge is -2.16. The minimum Gasteiger partial charge on any atom is -0.334 e. The molecule has 0 aliphatic carbocycles. The van der Waals surface area contributed by atoms with Gasteiger partial charge in [0.2, 0.25) is 0 Å². The van der Waals surface area contributed by atoms with E-state index >= 15 is 0 Å². The smallest absolute Gasteiger partial charge is 0.170 e. The van der Waals surface area contributed by atoms with Crippen LogP contribution in [0.2, 0.25) is 0 Å². The summed E-state index contributed by atoms with van der Waals surface area (Å²) in [6, 6.07) is 0. The van der Waals surface area contributed by atoms with Crippen LogP contribution in [0, 0.1) is 0 Å². The van der Waals surface area contributed by atoms with Crippen molar-refractivity contribution in [1.29, 1.82) is 0 Å². The second kappa shape index (κ2) is 11.4. The molecule has 0 bridgehead atoms. The van der Waals surface area contributed by atoms with E-state index < -0.39 is 8.38 Å². The van der Waals surface area contributed by atoms with Crippen LogP contribution in [0.25, 0.3) is 0 Å². The lowest BCUT2D eigenvalue weighted by atomic mass is 10.4. The molecule has 86 valence electrons. The van der Waals surface area contributed by atoms with E-state index in [9.17, 15) is 0 Å². The van der Waals surface area contributed by atoms with Gasteiger partial charge < -0.3 is 9.05 Å². The zero-order valence-electron chi connectivity index (χ0n) is 9.92. The zero-order chi connectivity index (χ0) is 10.6. The minimum absolute atomic E-state index is 0.584. The fourth-order valence-corrected chi connectivity index (χ4v) is 2.33. The summed E-state index contributed by atoms with van der Waals surface area (Å²) in [5.74, 6) is 0. The first-order chi connectivity index (χ1) is 6.85. The van der Waals surface area contributed by atoms with Crippen molar-refractivity contribution < 1.29 is 9.05 Å². The summed E-state index contributed by atoms with van der Waals surface area (Å²) in [5.41, 5.74) is 0. The summed E-state index contributed by atoms with van der Waals surface area (Å²) in [5, 5.41) is 0. The standard InChI is InChI=1S/C11H25O2P/c1-4-7-9-12-14(11-6-3)13-10-8-5-2/h4-11H2,1-3H3. The molecule has 0 unspecified atom stereocenters. The van der Waals surface area contributed by atoms with Gasteiger partial charge in [-0.2, -0.15) is 0 Å². The van der Waals surface area contributed by atoms with Gasteiger partial charge in [0.15, 0.2) is 8.38 Å². The van der Waals surface area contributed by atoms with Crippen LogP contribution >= 0.6 is 8.38 Å². The molecule has 0 aliphatic heterocycles. The quantitative estimate of drug-likeness (QED) is 0.402. The monoisotopic (exact) mass is 220 g/mol. The molecule has 2 nitrogen and oxygen atoms in total. The average molecular weight is 220 g/mol. The molecular formula is C11H25O2P. The molecular weight excluding hydrogens is 195 g/mol. The Morgan fingerprint density at radius 1 is 0.786 bits per heavy atom. The van der Waals surface area contributed by atoms with Gasteiger partial charge in [-0.1, -0.05) is 33.6 Å². The Morgan fingerprint density at radius 2 is 1.29 bits per heavy atom. The van der Waals surface area contributed by atoms with Crippen molar-refractivity contribution in [2.24, 2.45) is 0 Å². The predicted molar refractivity (Wildman–Crippen MR) is 63.8 cm³/mol. The van der Waals surface area contributed by atoms with Crippen molar-refractivity contribution in [2.75, 3.05) is 19.4 Å². The van der Waals surface area contributed by atoms with Crippen LogP contribution < -0.4 is 0 Å². The summed E-state index contributed by atoms with van der Waals surface area (Å²) in [6.45, 7) is 8.29. The van der Waals surface area contributed by atoms with Crippen LogP contribution in [0.5, 0.6) is 0 Å². The predicted octanol–water partition coefficient (Wildman–Crippen LogP) is 4.34. The summed E-state index contributed by atoms with van der Waals surface area (Å²) >= 11 is 0. The highest BCUT2D eigenvalue weighted by Crippen LogP contribution is 2.39. The largest absolute Gasteiger partial charge is 0.334 e. The van der Waals surface area contributed by atoms with E-state index in [-0.39, 0.29) is 0 Å². The number of hydrogen-bond donors (Lipinski definition) is 0. The minimum atomic E-state index is -0.584. The molecule has 0 spiro atoms. The van der Waals surface area contributed by atoms with Gasteiger partial charge in [0, 0.05) is 6.16 Å². The zero-order valence-corrected chi connectivity index (χ0v) is 10.8. The van der Waals surface area contributed by atoms with Gasteiger partial charge in [0.1, 0.15) is 0 Å². The van der Waals surface area contributed by atoms with E-state index in [0.29, 0.717) is 0 Å². The van der Waals surface area contributed by atoms with Crippen LogP contribution in [0.1, 0.15) is 52.9 Å². The highest BCUT2D eigenvalue weighted by molar-refractivity contribution is 7.47. The van der Waals surface area contributed by atoms with Crippen LogP contribution in [-0.2, 0) is 9.05 Å². The van der Waals surface area contributed by atoms with E-state index in [1.165, 1.54) is 12.8 Å². The van der Waals surface area contributed by atoms with Crippen molar-refractivity contribution >= 4 is 8.38 Å². The van der Waals surface area contributed by atoms with Crippen molar-refractivity contribution in [2.45, 2.75) is 52.9 Å². The molecule has 0 heterocycles. The molecule has 0 atom stereocenters. The molecule has 14 heavy (non-hydrogen) atoms. The molecule has 0 radical (unpaired) electrons. The molecule has 0 aromatic rings. The fourth-order valence-electron chi connectivity index (χ4n) is 0.970. The van der Waals surface area contributed by atoms with Crippen molar-refractivity contribution in [3.63, 3.8) is 0 Å². The molecule has 0 amide bonds. The maximum absolute atomic E-state index is 5.71. The SMILES string of the molecule is CCCCOP(CCC)OCCCC. The van der Waals surface area contributed by atoms with Gasteiger partial charge >= 0.3 is 0 Å². The third kappa shape index (κ3) is 8.93. The van der Waals surface area contributed by atoms with Crippen LogP contribution in [0.15, 0.2) is 0 Å². The Balaban J connectivity index is 3.44. The molecule has 0 rings (SSSR count). The highest BCUT2D eigenvalue weighted by Gasteiger charge is 2.08. The van der Waals surface area contributed by atoms with Crippen LogP contribution in [0.4, 0.5) is 0 Å². The van der Waals surface area contributed by atoms with Gasteiger partial charge in [-0.3, -0.25) is 0 Å². The summed E-state index contributed by atoms with van der Waals surface area (Å²) in [7, 11) is -0.584. The van der Waals surface area contributed by atoms with E-state index in [1.807, 2.05) is 0 Å². The third-order valence-corrected chi connectivity index (χ3v) is 3.63. The second-order valence-electron chi connectivity index (χ2n) is 3.43. The Hall–Kier alpha value is 0.350. The molecule has 0 aliphatic rings. The number of rotatable bonds is 10. The molecule has 0 fully saturated rings. The lowest BCUT2D eigenvalue weighted by molar-refractivity contribution is 0.243. The van der Waals surface area contributed by atoms with Gasteiger partial charge in [0.05, 0.1) is 13.2 Å². The lowest BCUT2D eigenvalue weighted by Crippen LogP contribution is -1.98. The number of unbranched alkanes of at least 4 members (excludes halogenated alkanes) is 2. The first kappa shape index (κ1) is 14.3. The summed E-state index contributed by atoms with van der Waals surface area (Å²) in [4.78, 5) is 0. The summed E-state index contributed by atoms with van der Waals surface area (Å²) < 4.78 is 11.4. The van der Waals surface area contributed by atoms with Crippen LogP contribution in [0.3, 0.4) is 0 Å². The van der Waals surface area contributed by atoms with E-state index in [4.69, 9.17) is 9.05 Å². The first-order valence-corrected chi connectivity index (χ1v) is 7.24. The number of hydrogen-bond acceptors (Lipinski definition) is 2. The third-order valence-electron chi connectivity index (χ3n) is 1.87. The topological polar surface area (TPSA) is 18.5 Å². The van der Waals surface area contributed by atoms with E-state index in [0.717, 1.165) is 38.6 Å². The highest BCUT2D eigenvalue weighted by atomic mass is 31.2. The van der Waals surface area contributed by atoms with Gasteiger partial charge in [-0.05, 0) is 19.3 Å². The van der Waals surface area contributed by atoms with E-state index in [2.05, 4.69) is 20.8 Å². The maximum atomic E-state index is 5.71. The van der Waals surface area contributed by atoms with Crippen molar-refractivity contribution in [1.82, 2.24) is 0 Å². The van der Waals surface area contributed by atoms with E-state index in [1.54, 1.807) is 0 Å². The molecule has 0 aromatic heterocycles. The normalized spacial score (nSPS) is 11.1. The summed E-state index contributed by atoms with van der Waals surface area (Å²) in [6.07, 6.45) is 6.95. The fraction of sp³-hybridized carbons (Fsp3) is 1.00. The molecule has 0 saturated carbocycles. The molecule has 0 aromatic carbocycles. The Kier molecular flexibility index (Phi) is 11.7. The van der Waals surface area contributed by atoms with Gasteiger partial charge in [-0.25, -0.2) is 0 Å². The molecule has 3 heteroatoms.